The Labute approximate surface area is 110 Å². The van der Waals surface area contributed by atoms with Gasteiger partial charge < -0.3 is 0 Å². The summed E-state index contributed by atoms with van der Waals surface area (Å²) in [5.41, 5.74) is 3.60. The molecule has 0 atom stereocenters. The van der Waals surface area contributed by atoms with Crippen molar-refractivity contribution >= 4 is 37.6 Å². The second kappa shape index (κ2) is 3.54. The molecule has 0 aromatic heterocycles. The van der Waals surface area contributed by atoms with Gasteiger partial charge in [-0.1, -0.05) is 24.3 Å². The summed E-state index contributed by atoms with van der Waals surface area (Å²) < 4.78 is 1.88. The van der Waals surface area contributed by atoms with Crippen LogP contribution in [0, 0.1) is 0 Å². The number of carbonyl (C=O) groups is 1. The Morgan fingerprint density at radius 2 is 1.31 bits per heavy atom. The van der Waals surface area contributed by atoms with Crippen LogP contribution < -0.4 is 0 Å². The highest BCUT2D eigenvalue weighted by molar-refractivity contribution is 9.13. The summed E-state index contributed by atoms with van der Waals surface area (Å²) in [5, 5.41) is 0. The van der Waals surface area contributed by atoms with E-state index in [2.05, 4.69) is 31.9 Å². The van der Waals surface area contributed by atoms with Gasteiger partial charge in [0, 0.05) is 20.1 Å². The summed E-state index contributed by atoms with van der Waals surface area (Å²) in [6, 6.07) is 11.6. The van der Waals surface area contributed by atoms with Gasteiger partial charge in [0.1, 0.15) is 0 Å². The molecule has 2 aromatic rings. The van der Waals surface area contributed by atoms with Gasteiger partial charge in [-0.25, -0.2) is 0 Å². The van der Waals surface area contributed by atoms with Crippen molar-refractivity contribution < 1.29 is 4.79 Å². The monoisotopic (exact) mass is 336 g/mol. The van der Waals surface area contributed by atoms with Crippen LogP contribution in [0.3, 0.4) is 0 Å². The Hall–Kier alpha value is -0.930. The minimum absolute atomic E-state index is 0.110. The van der Waals surface area contributed by atoms with Gasteiger partial charge in [-0.05, 0) is 55.1 Å². The van der Waals surface area contributed by atoms with Crippen molar-refractivity contribution in [3.63, 3.8) is 0 Å². The first-order valence-electron chi connectivity index (χ1n) is 4.81. The highest BCUT2D eigenvalue weighted by Crippen LogP contribution is 2.40. The minimum Gasteiger partial charge on any atom is -0.289 e. The van der Waals surface area contributed by atoms with Crippen molar-refractivity contribution in [2.45, 2.75) is 0 Å². The van der Waals surface area contributed by atoms with Gasteiger partial charge in [0.25, 0.3) is 0 Å². The molecule has 0 saturated heterocycles. The van der Waals surface area contributed by atoms with Crippen LogP contribution in [0.5, 0.6) is 0 Å². The van der Waals surface area contributed by atoms with Crippen molar-refractivity contribution in [2.75, 3.05) is 0 Å². The normalized spacial score (nSPS) is 12.5. The molecule has 0 heterocycles. The number of carbonyl (C=O) groups excluding carboxylic acids is 1. The maximum absolute atomic E-state index is 12.1. The Kier molecular flexibility index (Phi) is 2.26. The lowest BCUT2D eigenvalue weighted by atomic mass is 10.1. The average molecular weight is 338 g/mol. The number of hydrogen-bond donors (Lipinski definition) is 0. The van der Waals surface area contributed by atoms with Crippen LogP contribution >= 0.6 is 31.9 Å². The standard InChI is InChI=1S/C13H6Br2O/c14-11-5-9-7-3-1-2-4-8(7)13(16)10(9)6-12(11)15/h1-6H. The maximum atomic E-state index is 12.1. The molecule has 1 aliphatic carbocycles. The number of hydrogen-bond acceptors (Lipinski definition) is 1. The largest absolute Gasteiger partial charge is 0.289 e. The molecule has 16 heavy (non-hydrogen) atoms. The summed E-state index contributed by atoms with van der Waals surface area (Å²) in [7, 11) is 0. The molecule has 0 radical (unpaired) electrons. The molecule has 1 nitrogen and oxygen atoms in total. The van der Waals surface area contributed by atoms with Crippen LogP contribution in [-0.2, 0) is 0 Å². The van der Waals surface area contributed by atoms with Crippen LogP contribution in [0.2, 0.25) is 0 Å². The van der Waals surface area contributed by atoms with Gasteiger partial charge in [0.2, 0.25) is 0 Å². The van der Waals surface area contributed by atoms with E-state index in [4.69, 9.17) is 0 Å². The van der Waals surface area contributed by atoms with Crippen molar-refractivity contribution in [2.24, 2.45) is 0 Å². The van der Waals surface area contributed by atoms with Crippen LogP contribution in [-0.4, -0.2) is 5.78 Å². The second-order valence-electron chi connectivity index (χ2n) is 3.69. The van der Waals surface area contributed by atoms with Crippen LogP contribution in [0.15, 0.2) is 45.3 Å². The molecule has 3 rings (SSSR count). The molecule has 0 fully saturated rings. The van der Waals surface area contributed by atoms with Gasteiger partial charge in [-0.15, -0.1) is 0 Å². The quantitative estimate of drug-likeness (QED) is 0.593. The van der Waals surface area contributed by atoms with Crippen molar-refractivity contribution in [1.82, 2.24) is 0 Å². The molecule has 1 aliphatic rings. The van der Waals surface area contributed by atoms with E-state index >= 15 is 0 Å². The minimum atomic E-state index is 0.110. The Bertz CT molecular complexity index is 617. The first kappa shape index (κ1) is 10.2. The Morgan fingerprint density at radius 3 is 2.00 bits per heavy atom. The average Bonchev–Trinajstić information content (AvgIpc) is 2.55. The van der Waals surface area contributed by atoms with Crippen molar-refractivity contribution in [3.8, 4) is 11.1 Å². The molecule has 0 unspecified atom stereocenters. The lowest BCUT2D eigenvalue weighted by molar-refractivity contribution is 0.104. The number of fused-ring (bicyclic) bond motifs is 3. The lowest BCUT2D eigenvalue weighted by Crippen LogP contribution is -1.94. The zero-order valence-corrected chi connectivity index (χ0v) is 11.3. The molecule has 78 valence electrons. The smallest absolute Gasteiger partial charge is 0.194 e. The molecular formula is C13H6Br2O. The van der Waals surface area contributed by atoms with E-state index in [9.17, 15) is 4.79 Å². The van der Waals surface area contributed by atoms with E-state index in [1.165, 1.54) is 0 Å². The lowest BCUT2D eigenvalue weighted by Gasteiger charge is -2.02. The van der Waals surface area contributed by atoms with E-state index in [0.29, 0.717) is 0 Å². The third kappa shape index (κ3) is 1.31. The first-order chi connectivity index (χ1) is 7.68. The number of rotatable bonds is 0. The van der Waals surface area contributed by atoms with Crippen LogP contribution in [0.4, 0.5) is 0 Å². The molecule has 0 spiro atoms. The third-order valence-electron chi connectivity index (χ3n) is 2.77. The first-order valence-corrected chi connectivity index (χ1v) is 6.40. The van der Waals surface area contributed by atoms with Crippen molar-refractivity contribution in [3.05, 3.63) is 56.5 Å². The fourth-order valence-corrected chi connectivity index (χ4v) is 2.71. The van der Waals surface area contributed by atoms with E-state index in [1.54, 1.807) is 0 Å². The second-order valence-corrected chi connectivity index (χ2v) is 5.40. The molecule has 0 bridgehead atoms. The molecule has 0 N–H and O–H groups in total. The predicted molar refractivity (Wildman–Crippen MR) is 70.7 cm³/mol. The molecule has 0 aliphatic heterocycles. The molecule has 3 heteroatoms. The van der Waals surface area contributed by atoms with Gasteiger partial charge >= 0.3 is 0 Å². The Morgan fingerprint density at radius 1 is 0.750 bits per heavy atom. The van der Waals surface area contributed by atoms with Crippen LogP contribution in [0.1, 0.15) is 15.9 Å². The molecule has 0 saturated carbocycles. The summed E-state index contributed by atoms with van der Waals surface area (Å²) >= 11 is 6.88. The molecule has 2 aromatic carbocycles. The van der Waals surface area contributed by atoms with Gasteiger partial charge in [0.05, 0.1) is 0 Å². The summed E-state index contributed by atoms with van der Waals surface area (Å²) in [6.45, 7) is 0. The molecule has 0 amide bonds. The third-order valence-corrected chi connectivity index (χ3v) is 4.61. The predicted octanol–water partition coefficient (Wildman–Crippen LogP) is 4.42. The Balaban J connectivity index is 2.38. The highest BCUT2D eigenvalue weighted by Gasteiger charge is 2.26. The summed E-state index contributed by atoms with van der Waals surface area (Å²) in [5.74, 6) is 0.110. The fraction of sp³-hybridized carbons (Fsp3) is 0. The SMILES string of the molecule is O=C1c2ccccc2-c2cc(Br)c(Br)cc21. The topological polar surface area (TPSA) is 17.1 Å². The zero-order chi connectivity index (χ0) is 11.3. The van der Waals surface area contributed by atoms with E-state index in [1.807, 2.05) is 36.4 Å². The number of benzene rings is 2. The number of ketones is 1. The maximum Gasteiger partial charge on any atom is 0.194 e. The fourth-order valence-electron chi connectivity index (χ4n) is 2.02. The summed E-state index contributed by atoms with van der Waals surface area (Å²) in [4.78, 5) is 12.1. The van der Waals surface area contributed by atoms with E-state index < -0.39 is 0 Å². The number of halogens is 2. The van der Waals surface area contributed by atoms with Gasteiger partial charge in [-0.2, -0.15) is 0 Å². The van der Waals surface area contributed by atoms with E-state index in [-0.39, 0.29) is 5.78 Å². The van der Waals surface area contributed by atoms with Crippen LogP contribution in [0.25, 0.3) is 11.1 Å². The zero-order valence-electron chi connectivity index (χ0n) is 8.13. The molecular weight excluding hydrogens is 332 g/mol. The van der Waals surface area contributed by atoms with E-state index in [0.717, 1.165) is 31.2 Å². The highest BCUT2D eigenvalue weighted by atomic mass is 79.9. The van der Waals surface area contributed by atoms with Gasteiger partial charge in [0.15, 0.2) is 5.78 Å². The summed E-state index contributed by atoms with van der Waals surface area (Å²) in [6.07, 6.45) is 0. The van der Waals surface area contributed by atoms with Crippen molar-refractivity contribution in [1.29, 1.82) is 0 Å². The van der Waals surface area contributed by atoms with Gasteiger partial charge in [-0.3, -0.25) is 4.79 Å².